The van der Waals surface area contributed by atoms with Gasteiger partial charge in [-0.1, -0.05) is 12.1 Å². The zero-order valence-corrected chi connectivity index (χ0v) is 16.4. The van der Waals surface area contributed by atoms with Crippen molar-refractivity contribution in [1.82, 2.24) is 10.2 Å². The topological polar surface area (TPSA) is 44.8 Å². The third-order valence-corrected chi connectivity index (χ3v) is 5.02. The normalized spacial score (nSPS) is 15.1. The monoisotopic (exact) mass is 385 g/mol. The highest BCUT2D eigenvalue weighted by Crippen LogP contribution is 2.17. The maximum Gasteiger partial charge on any atom is 0.234 e. The molecule has 1 aliphatic heterocycles. The smallest absolute Gasteiger partial charge is 0.234 e. The molecule has 150 valence electrons. The Morgan fingerprint density at radius 3 is 2.71 bits per heavy atom. The van der Waals surface area contributed by atoms with Gasteiger partial charge >= 0.3 is 0 Å². The molecule has 3 rings (SSSR count). The van der Waals surface area contributed by atoms with E-state index in [2.05, 4.69) is 15.1 Å². The predicted molar refractivity (Wildman–Crippen MR) is 109 cm³/mol. The highest BCUT2D eigenvalue weighted by Gasteiger charge is 2.17. The predicted octanol–water partition coefficient (Wildman–Crippen LogP) is 2.71. The fourth-order valence-corrected chi connectivity index (χ4v) is 3.47. The molecule has 0 unspecified atom stereocenters. The SMILES string of the molecule is COc1cccc(CCNC(=O)CN2CCCN(c3ccc(F)cc3)CC2)c1. The Balaban J connectivity index is 1.41. The summed E-state index contributed by atoms with van der Waals surface area (Å²) >= 11 is 0. The van der Waals surface area contributed by atoms with E-state index < -0.39 is 0 Å². The zero-order valence-electron chi connectivity index (χ0n) is 16.4. The van der Waals surface area contributed by atoms with Crippen molar-refractivity contribution in [3.63, 3.8) is 0 Å². The van der Waals surface area contributed by atoms with Gasteiger partial charge in [-0.2, -0.15) is 0 Å². The zero-order chi connectivity index (χ0) is 19.8. The van der Waals surface area contributed by atoms with Gasteiger partial charge in [0.25, 0.3) is 0 Å². The molecule has 1 fully saturated rings. The van der Waals surface area contributed by atoms with Crippen LogP contribution in [0.2, 0.25) is 0 Å². The van der Waals surface area contributed by atoms with Crippen LogP contribution in [0.25, 0.3) is 0 Å². The average molecular weight is 385 g/mol. The second-order valence-electron chi connectivity index (χ2n) is 7.04. The van der Waals surface area contributed by atoms with E-state index in [0.29, 0.717) is 13.1 Å². The van der Waals surface area contributed by atoms with E-state index in [1.807, 2.05) is 36.4 Å². The number of anilines is 1. The van der Waals surface area contributed by atoms with Crippen LogP contribution in [-0.2, 0) is 11.2 Å². The van der Waals surface area contributed by atoms with Crippen LogP contribution in [0.3, 0.4) is 0 Å². The van der Waals surface area contributed by atoms with E-state index in [-0.39, 0.29) is 11.7 Å². The van der Waals surface area contributed by atoms with Gasteiger partial charge < -0.3 is 15.0 Å². The van der Waals surface area contributed by atoms with Gasteiger partial charge in [-0.05, 0) is 54.8 Å². The third-order valence-electron chi connectivity index (χ3n) is 5.02. The summed E-state index contributed by atoms with van der Waals surface area (Å²) in [6.45, 7) is 4.49. The molecule has 1 heterocycles. The number of carbonyl (C=O) groups is 1. The lowest BCUT2D eigenvalue weighted by atomic mass is 10.1. The molecule has 5 nitrogen and oxygen atoms in total. The van der Waals surface area contributed by atoms with Gasteiger partial charge in [0.2, 0.25) is 5.91 Å². The van der Waals surface area contributed by atoms with Crippen LogP contribution in [0.5, 0.6) is 5.75 Å². The summed E-state index contributed by atoms with van der Waals surface area (Å²) in [5.41, 5.74) is 2.18. The summed E-state index contributed by atoms with van der Waals surface area (Å²) in [7, 11) is 1.65. The molecular weight excluding hydrogens is 357 g/mol. The van der Waals surface area contributed by atoms with Crippen LogP contribution in [0, 0.1) is 5.82 Å². The van der Waals surface area contributed by atoms with E-state index in [4.69, 9.17) is 4.74 Å². The highest BCUT2D eigenvalue weighted by atomic mass is 19.1. The molecule has 0 atom stereocenters. The summed E-state index contributed by atoms with van der Waals surface area (Å²) in [6, 6.07) is 14.5. The maximum absolute atomic E-state index is 13.1. The van der Waals surface area contributed by atoms with Gasteiger partial charge in [-0.15, -0.1) is 0 Å². The van der Waals surface area contributed by atoms with E-state index in [1.54, 1.807) is 7.11 Å². The molecule has 0 spiro atoms. The lowest BCUT2D eigenvalue weighted by Gasteiger charge is -2.23. The van der Waals surface area contributed by atoms with Crippen molar-refractivity contribution < 1.29 is 13.9 Å². The maximum atomic E-state index is 13.1. The van der Waals surface area contributed by atoms with Gasteiger partial charge in [0.15, 0.2) is 0 Å². The number of amides is 1. The molecular formula is C22H28FN3O2. The largest absolute Gasteiger partial charge is 0.497 e. The Labute approximate surface area is 166 Å². The minimum atomic E-state index is -0.217. The summed E-state index contributed by atoms with van der Waals surface area (Å²) in [4.78, 5) is 16.7. The molecule has 28 heavy (non-hydrogen) atoms. The Morgan fingerprint density at radius 1 is 1.11 bits per heavy atom. The van der Waals surface area contributed by atoms with Crippen LogP contribution < -0.4 is 15.0 Å². The van der Waals surface area contributed by atoms with Crippen molar-refractivity contribution in [1.29, 1.82) is 0 Å². The number of ether oxygens (including phenoxy) is 1. The van der Waals surface area contributed by atoms with Crippen LogP contribution >= 0.6 is 0 Å². The van der Waals surface area contributed by atoms with Gasteiger partial charge in [0.1, 0.15) is 11.6 Å². The summed E-state index contributed by atoms with van der Waals surface area (Å²) < 4.78 is 18.3. The van der Waals surface area contributed by atoms with Crippen LogP contribution in [0.1, 0.15) is 12.0 Å². The fraction of sp³-hybridized carbons (Fsp3) is 0.409. The number of rotatable bonds is 7. The van der Waals surface area contributed by atoms with Crippen LogP contribution in [0.4, 0.5) is 10.1 Å². The fourth-order valence-electron chi connectivity index (χ4n) is 3.47. The molecule has 1 N–H and O–H groups in total. The lowest BCUT2D eigenvalue weighted by Crippen LogP contribution is -2.39. The first-order valence-corrected chi connectivity index (χ1v) is 9.76. The average Bonchev–Trinajstić information content (AvgIpc) is 2.94. The molecule has 0 saturated carbocycles. The quantitative estimate of drug-likeness (QED) is 0.796. The molecule has 0 radical (unpaired) electrons. The molecule has 0 aromatic heterocycles. The first-order chi connectivity index (χ1) is 13.6. The van der Waals surface area contributed by atoms with E-state index in [0.717, 1.165) is 56.0 Å². The number of nitrogens with one attached hydrogen (secondary N) is 1. The molecule has 6 heteroatoms. The number of carbonyl (C=O) groups excluding carboxylic acids is 1. The van der Waals surface area contributed by atoms with Gasteiger partial charge in [-0.25, -0.2) is 4.39 Å². The molecule has 2 aromatic rings. The minimum Gasteiger partial charge on any atom is -0.497 e. The number of hydrogen-bond donors (Lipinski definition) is 1. The van der Waals surface area contributed by atoms with Gasteiger partial charge in [0.05, 0.1) is 13.7 Å². The second kappa shape index (κ2) is 10.1. The molecule has 0 aliphatic carbocycles. The van der Waals surface area contributed by atoms with Crippen molar-refractivity contribution in [2.45, 2.75) is 12.8 Å². The van der Waals surface area contributed by atoms with Gasteiger partial charge in [-0.3, -0.25) is 9.69 Å². The molecule has 1 saturated heterocycles. The molecule has 0 bridgehead atoms. The van der Waals surface area contributed by atoms with E-state index in [9.17, 15) is 9.18 Å². The third kappa shape index (κ3) is 5.96. The molecule has 1 amide bonds. The van der Waals surface area contributed by atoms with Crippen molar-refractivity contribution >= 4 is 11.6 Å². The Bertz CT molecular complexity index is 767. The number of hydrogen-bond acceptors (Lipinski definition) is 4. The van der Waals surface area contributed by atoms with Crippen molar-refractivity contribution in [2.24, 2.45) is 0 Å². The number of halogens is 1. The molecule has 1 aliphatic rings. The first kappa shape index (κ1) is 20.1. The number of methoxy groups -OCH3 is 1. The second-order valence-corrected chi connectivity index (χ2v) is 7.04. The summed E-state index contributed by atoms with van der Waals surface area (Å²) in [6.07, 6.45) is 1.76. The summed E-state index contributed by atoms with van der Waals surface area (Å²) in [5.74, 6) is 0.669. The van der Waals surface area contributed by atoms with E-state index in [1.165, 1.54) is 12.1 Å². The Kier molecular flexibility index (Phi) is 7.25. The van der Waals surface area contributed by atoms with Crippen LogP contribution in [-0.4, -0.2) is 57.2 Å². The lowest BCUT2D eigenvalue weighted by molar-refractivity contribution is -0.122. The van der Waals surface area contributed by atoms with Crippen molar-refractivity contribution in [3.05, 3.63) is 59.9 Å². The van der Waals surface area contributed by atoms with Gasteiger partial charge in [0, 0.05) is 38.4 Å². The Morgan fingerprint density at radius 2 is 1.93 bits per heavy atom. The standard InChI is InChI=1S/C22H28FN3O2/c1-28-21-5-2-4-18(16-21)10-11-24-22(27)17-25-12-3-13-26(15-14-25)20-8-6-19(23)7-9-20/h2,4-9,16H,3,10-15,17H2,1H3,(H,24,27). The molecule has 2 aromatic carbocycles. The number of nitrogens with zero attached hydrogens (tertiary/aromatic N) is 2. The minimum absolute atomic E-state index is 0.0538. The van der Waals surface area contributed by atoms with Crippen molar-refractivity contribution in [2.75, 3.05) is 51.3 Å². The summed E-state index contributed by atoms with van der Waals surface area (Å²) in [5, 5.41) is 3.01. The van der Waals surface area contributed by atoms with Crippen LogP contribution in [0.15, 0.2) is 48.5 Å². The number of benzene rings is 2. The first-order valence-electron chi connectivity index (χ1n) is 9.76. The highest BCUT2D eigenvalue weighted by molar-refractivity contribution is 5.78. The van der Waals surface area contributed by atoms with E-state index >= 15 is 0 Å². The van der Waals surface area contributed by atoms with Crippen molar-refractivity contribution in [3.8, 4) is 5.75 Å². The Hall–Kier alpha value is -2.60.